The molecule has 0 aliphatic rings. The molecule has 0 aliphatic carbocycles. The number of hydrogen-bond acceptors (Lipinski definition) is 1. The lowest BCUT2D eigenvalue weighted by atomic mass is 9.91. The molecule has 0 aromatic heterocycles. The molecule has 4 heteroatoms. The molecule has 0 heterocycles. The van der Waals surface area contributed by atoms with E-state index < -0.39 is 0 Å². The quantitative estimate of drug-likeness (QED) is 0.644. The van der Waals surface area contributed by atoms with Crippen LogP contribution in [0.1, 0.15) is 28.3 Å². The molecule has 0 bridgehead atoms. The summed E-state index contributed by atoms with van der Waals surface area (Å²) in [6, 6.07) is 9.48. The van der Waals surface area contributed by atoms with Gasteiger partial charge in [-0.3, -0.25) is 0 Å². The lowest BCUT2D eigenvalue weighted by molar-refractivity contribution is 0.618. The topological polar surface area (TPSA) is 12.0 Å². The smallest absolute Gasteiger partial charge is 0.123 e. The summed E-state index contributed by atoms with van der Waals surface area (Å²) in [4.78, 5) is 0. The van der Waals surface area contributed by atoms with E-state index in [0.717, 1.165) is 26.7 Å². The molecular weight excluding hydrogens is 432 g/mol. The number of rotatable bonds is 3. The van der Waals surface area contributed by atoms with E-state index in [-0.39, 0.29) is 11.9 Å². The Hall–Kier alpha value is -0.460. The highest BCUT2D eigenvalue weighted by Crippen LogP contribution is 2.33. The Labute approximate surface area is 141 Å². The van der Waals surface area contributed by atoms with Gasteiger partial charge in [-0.1, -0.05) is 15.9 Å². The molecular formula is C16H16BrFIN. The molecule has 0 fully saturated rings. The van der Waals surface area contributed by atoms with Gasteiger partial charge in [0.05, 0.1) is 6.04 Å². The maximum Gasteiger partial charge on any atom is 0.123 e. The SMILES string of the molecule is CNC(c1cc(I)ccc1Br)c1c(C)cc(F)cc1C. The fraction of sp³-hybridized carbons (Fsp3) is 0.250. The molecule has 0 saturated heterocycles. The van der Waals surface area contributed by atoms with Crippen molar-refractivity contribution < 1.29 is 4.39 Å². The number of halogens is 3. The Balaban J connectivity index is 2.61. The molecule has 0 amide bonds. The molecule has 2 aromatic carbocycles. The van der Waals surface area contributed by atoms with Gasteiger partial charge in [0.15, 0.2) is 0 Å². The summed E-state index contributed by atoms with van der Waals surface area (Å²) in [5.41, 5.74) is 4.23. The normalized spacial score (nSPS) is 12.5. The van der Waals surface area contributed by atoms with Gasteiger partial charge in [-0.25, -0.2) is 4.39 Å². The first kappa shape index (κ1) is 15.9. The van der Waals surface area contributed by atoms with Gasteiger partial charge in [0, 0.05) is 8.04 Å². The van der Waals surface area contributed by atoms with E-state index in [9.17, 15) is 4.39 Å². The molecule has 0 radical (unpaired) electrons. The van der Waals surface area contributed by atoms with E-state index in [1.54, 1.807) is 12.1 Å². The fourth-order valence-electron chi connectivity index (χ4n) is 2.57. The zero-order valence-corrected chi connectivity index (χ0v) is 15.3. The minimum atomic E-state index is -0.180. The van der Waals surface area contributed by atoms with Crippen molar-refractivity contribution >= 4 is 38.5 Å². The highest BCUT2D eigenvalue weighted by Gasteiger charge is 2.19. The highest BCUT2D eigenvalue weighted by molar-refractivity contribution is 14.1. The van der Waals surface area contributed by atoms with Crippen molar-refractivity contribution in [3.8, 4) is 0 Å². The highest BCUT2D eigenvalue weighted by atomic mass is 127. The van der Waals surface area contributed by atoms with Gasteiger partial charge >= 0.3 is 0 Å². The Morgan fingerprint density at radius 1 is 1.15 bits per heavy atom. The molecule has 0 saturated carbocycles. The van der Waals surface area contributed by atoms with Crippen LogP contribution < -0.4 is 5.32 Å². The lowest BCUT2D eigenvalue weighted by Crippen LogP contribution is -2.20. The van der Waals surface area contributed by atoms with Crippen LogP contribution in [0.4, 0.5) is 4.39 Å². The van der Waals surface area contributed by atoms with Crippen LogP contribution in [-0.4, -0.2) is 7.05 Å². The van der Waals surface area contributed by atoms with E-state index in [0.29, 0.717) is 0 Å². The Bertz CT molecular complexity index is 619. The summed E-state index contributed by atoms with van der Waals surface area (Å²) in [5, 5.41) is 3.35. The molecule has 2 aromatic rings. The summed E-state index contributed by atoms with van der Waals surface area (Å²) in [7, 11) is 1.93. The predicted molar refractivity (Wildman–Crippen MR) is 93.6 cm³/mol. The molecule has 1 N–H and O–H groups in total. The standard InChI is InChI=1S/C16H16BrFIN/c1-9-6-11(18)7-10(2)15(9)16(20-3)13-8-12(19)4-5-14(13)17/h4-8,16,20H,1-3H3. The predicted octanol–water partition coefficient (Wildman–Crippen LogP) is 5.12. The summed E-state index contributed by atoms with van der Waals surface area (Å²) in [6.45, 7) is 3.91. The second-order valence-electron chi connectivity index (χ2n) is 4.84. The van der Waals surface area contributed by atoms with Crippen LogP contribution in [-0.2, 0) is 0 Å². The lowest BCUT2D eigenvalue weighted by Gasteiger charge is -2.23. The van der Waals surface area contributed by atoms with E-state index in [1.807, 2.05) is 20.9 Å². The van der Waals surface area contributed by atoms with Crippen LogP contribution in [0.25, 0.3) is 0 Å². The second kappa shape index (κ2) is 6.54. The van der Waals surface area contributed by atoms with Crippen LogP contribution in [0, 0.1) is 23.2 Å². The molecule has 1 atom stereocenters. The molecule has 0 aliphatic heterocycles. The maximum atomic E-state index is 13.5. The molecule has 1 unspecified atom stereocenters. The van der Waals surface area contributed by atoms with Crippen molar-refractivity contribution in [1.29, 1.82) is 0 Å². The second-order valence-corrected chi connectivity index (χ2v) is 6.94. The van der Waals surface area contributed by atoms with Gasteiger partial charge in [0.25, 0.3) is 0 Å². The third-order valence-corrected chi connectivity index (χ3v) is 4.80. The average molecular weight is 448 g/mol. The summed E-state index contributed by atoms with van der Waals surface area (Å²) < 4.78 is 15.7. The molecule has 1 nitrogen and oxygen atoms in total. The first-order chi connectivity index (χ1) is 9.43. The first-order valence-electron chi connectivity index (χ1n) is 6.33. The Morgan fingerprint density at radius 2 is 1.75 bits per heavy atom. The van der Waals surface area contributed by atoms with Gasteiger partial charge in [0.1, 0.15) is 5.82 Å². The largest absolute Gasteiger partial charge is 0.309 e. The van der Waals surface area contributed by atoms with Crippen LogP contribution in [0.2, 0.25) is 0 Å². The third kappa shape index (κ3) is 3.23. The van der Waals surface area contributed by atoms with Gasteiger partial charge in [-0.05, 0) is 96.1 Å². The number of nitrogens with one attached hydrogen (secondary N) is 1. The molecule has 106 valence electrons. The van der Waals surface area contributed by atoms with Gasteiger partial charge in [0.2, 0.25) is 0 Å². The van der Waals surface area contributed by atoms with Crippen LogP contribution >= 0.6 is 38.5 Å². The van der Waals surface area contributed by atoms with Crippen LogP contribution in [0.3, 0.4) is 0 Å². The molecule has 0 spiro atoms. The third-order valence-electron chi connectivity index (χ3n) is 3.40. The number of hydrogen-bond donors (Lipinski definition) is 1. The van der Waals surface area contributed by atoms with Crippen molar-refractivity contribution in [3.05, 3.63) is 66.4 Å². The van der Waals surface area contributed by atoms with Gasteiger partial charge in [-0.15, -0.1) is 0 Å². The first-order valence-corrected chi connectivity index (χ1v) is 8.20. The van der Waals surface area contributed by atoms with Crippen molar-refractivity contribution in [2.75, 3.05) is 7.05 Å². The van der Waals surface area contributed by atoms with E-state index in [4.69, 9.17) is 0 Å². The van der Waals surface area contributed by atoms with Crippen LogP contribution in [0.5, 0.6) is 0 Å². The Kier molecular flexibility index (Phi) is 5.20. The van der Waals surface area contributed by atoms with Crippen molar-refractivity contribution in [2.45, 2.75) is 19.9 Å². The summed E-state index contributed by atoms with van der Waals surface area (Å²) in [5.74, 6) is -0.180. The number of aryl methyl sites for hydroxylation is 2. The van der Waals surface area contributed by atoms with Gasteiger partial charge < -0.3 is 5.32 Å². The molecule has 20 heavy (non-hydrogen) atoms. The van der Waals surface area contributed by atoms with E-state index in [2.05, 4.69) is 62.0 Å². The van der Waals surface area contributed by atoms with Crippen molar-refractivity contribution in [1.82, 2.24) is 5.32 Å². The zero-order chi connectivity index (χ0) is 14.9. The summed E-state index contributed by atoms with van der Waals surface area (Å²) >= 11 is 5.92. The minimum absolute atomic E-state index is 0.0414. The number of benzene rings is 2. The van der Waals surface area contributed by atoms with E-state index in [1.165, 1.54) is 3.57 Å². The van der Waals surface area contributed by atoms with Gasteiger partial charge in [-0.2, -0.15) is 0 Å². The monoisotopic (exact) mass is 447 g/mol. The minimum Gasteiger partial charge on any atom is -0.309 e. The fourth-order valence-corrected chi connectivity index (χ4v) is 3.56. The Morgan fingerprint density at radius 3 is 2.30 bits per heavy atom. The maximum absolute atomic E-state index is 13.5. The zero-order valence-electron chi connectivity index (χ0n) is 11.6. The summed E-state index contributed by atoms with van der Waals surface area (Å²) in [6.07, 6.45) is 0. The van der Waals surface area contributed by atoms with Crippen molar-refractivity contribution in [2.24, 2.45) is 0 Å². The molecule has 2 rings (SSSR count). The van der Waals surface area contributed by atoms with Crippen molar-refractivity contribution in [3.63, 3.8) is 0 Å². The average Bonchev–Trinajstić information content (AvgIpc) is 2.37. The van der Waals surface area contributed by atoms with E-state index >= 15 is 0 Å². The van der Waals surface area contributed by atoms with Crippen LogP contribution in [0.15, 0.2) is 34.8 Å².